The van der Waals surface area contributed by atoms with Crippen LogP contribution in [-0.4, -0.2) is 55.5 Å². The molecule has 23 heavy (non-hydrogen) atoms. The van der Waals surface area contributed by atoms with Crippen molar-refractivity contribution in [3.8, 4) is 5.75 Å². The summed E-state index contributed by atoms with van der Waals surface area (Å²) >= 11 is 0. The molecule has 1 atom stereocenters. The van der Waals surface area contributed by atoms with Gasteiger partial charge >= 0.3 is 5.97 Å². The Hall–Kier alpha value is -2.57. The lowest BCUT2D eigenvalue weighted by Crippen LogP contribution is -2.57. The van der Waals surface area contributed by atoms with Crippen LogP contribution in [0.1, 0.15) is 22.3 Å². The minimum Gasteiger partial charge on any atom is -0.493 e. The lowest BCUT2D eigenvalue weighted by molar-refractivity contribution is -0.145. The zero-order valence-corrected chi connectivity index (χ0v) is 12.8. The second-order valence-electron chi connectivity index (χ2n) is 5.51. The van der Waals surface area contributed by atoms with Gasteiger partial charge in [0.25, 0.3) is 5.91 Å². The zero-order valence-electron chi connectivity index (χ0n) is 12.8. The fourth-order valence-corrected chi connectivity index (χ4v) is 2.89. The molecule has 3 rings (SSSR count). The summed E-state index contributed by atoms with van der Waals surface area (Å²) < 4.78 is 10.1. The Bertz CT molecular complexity index is 658. The van der Waals surface area contributed by atoms with Crippen LogP contribution in [0.2, 0.25) is 0 Å². The summed E-state index contributed by atoms with van der Waals surface area (Å²) in [5, 5.41) is 2.68. The molecule has 0 aromatic heterocycles. The predicted octanol–water partition coefficient (Wildman–Crippen LogP) is 0.125. The summed E-state index contributed by atoms with van der Waals surface area (Å²) in [4.78, 5) is 37.8. The average Bonchev–Trinajstić information content (AvgIpc) is 3.03. The fraction of sp³-hybridized carbons (Fsp3) is 0.438. The number of methoxy groups -OCH3 is 1. The topological polar surface area (TPSA) is 84.9 Å². The van der Waals surface area contributed by atoms with E-state index in [0.717, 1.165) is 17.7 Å². The van der Waals surface area contributed by atoms with Crippen molar-refractivity contribution in [1.29, 1.82) is 0 Å². The number of rotatable bonds is 3. The van der Waals surface area contributed by atoms with Gasteiger partial charge in [0.1, 0.15) is 11.8 Å². The van der Waals surface area contributed by atoms with Crippen LogP contribution < -0.4 is 10.1 Å². The molecule has 1 aromatic carbocycles. The quantitative estimate of drug-likeness (QED) is 0.801. The van der Waals surface area contributed by atoms with Crippen molar-refractivity contribution in [3.63, 3.8) is 0 Å². The van der Waals surface area contributed by atoms with Gasteiger partial charge in [0.2, 0.25) is 5.91 Å². The standard InChI is InChI=1S/C16H18N2O5/c1-22-14(19)9-12-15(20)17-5-6-18(12)16(21)11-2-3-13-10(8-11)4-7-23-13/h2-3,8,12H,4-7,9H2,1H3,(H,17,20)/t12-/m1/s1. The van der Waals surface area contributed by atoms with Gasteiger partial charge in [-0.3, -0.25) is 14.4 Å². The molecule has 7 heteroatoms. The highest BCUT2D eigenvalue weighted by molar-refractivity contribution is 5.99. The first-order valence-corrected chi connectivity index (χ1v) is 7.51. The third-order valence-electron chi connectivity index (χ3n) is 4.12. The van der Waals surface area contributed by atoms with Gasteiger partial charge in [0.15, 0.2) is 0 Å². The number of esters is 1. The van der Waals surface area contributed by atoms with Crippen LogP contribution in [0.3, 0.4) is 0 Å². The van der Waals surface area contributed by atoms with Crippen LogP contribution in [0.4, 0.5) is 0 Å². The molecule has 0 saturated carbocycles. The number of carbonyl (C=O) groups is 3. The second-order valence-corrected chi connectivity index (χ2v) is 5.51. The summed E-state index contributed by atoms with van der Waals surface area (Å²) in [6.45, 7) is 1.35. The number of fused-ring (bicyclic) bond motifs is 1. The van der Waals surface area contributed by atoms with Crippen molar-refractivity contribution in [2.45, 2.75) is 18.9 Å². The van der Waals surface area contributed by atoms with Gasteiger partial charge < -0.3 is 19.7 Å². The van der Waals surface area contributed by atoms with Crippen molar-refractivity contribution >= 4 is 17.8 Å². The third kappa shape index (κ3) is 2.99. The van der Waals surface area contributed by atoms with E-state index in [4.69, 9.17) is 4.74 Å². The molecule has 0 aliphatic carbocycles. The summed E-state index contributed by atoms with van der Waals surface area (Å²) in [6.07, 6.45) is 0.616. The van der Waals surface area contributed by atoms with E-state index in [1.807, 2.05) is 0 Å². The van der Waals surface area contributed by atoms with Crippen LogP contribution >= 0.6 is 0 Å². The number of ether oxygens (including phenoxy) is 2. The average molecular weight is 318 g/mol. The van der Waals surface area contributed by atoms with Gasteiger partial charge in [-0.2, -0.15) is 0 Å². The predicted molar refractivity (Wildman–Crippen MR) is 80.1 cm³/mol. The summed E-state index contributed by atoms with van der Waals surface area (Å²) in [5.74, 6) is -0.320. The SMILES string of the molecule is COC(=O)C[C@@H]1C(=O)NCCN1C(=O)c1ccc2c(c1)CCO2. The smallest absolute Gasteiger partial charge is 0.308 e. The fourth-order valence-electron chi connectivity index (χ4n) is 2.89. The first kappa shape index (κ1) is 15.3. The van der Waals surface area contributed by atoms with E-state index in [0.29, 0.717) is 25.3 Å². The normalized spacial score (nSPS) is 19.6. The van der Waals surface area contributed by atoms with E-state index in [-0.39, 0.29) is 18.2 Å². The Morgan fingerprint density at radius 1 is 1.43 bits per heavy atom. The number of nitrogens with zero attached hydrogens (tertiary/aromatic N) is 1. The summed E-state index contributed by atoms with van der Waals surface area (Å²) in [5.41, 5.74) is 1.49. The van der Waals surface area contributed by atoms with E-state index < -0.39 is 12.0 Å². The molecule has 0 spiro atoms. The Morgan fingerprint density at radius 3 is 3.04 bits per heavy atom. The van der Waals surface area contributed by atoms with E-state index in [2.05, 4.69) is 10.1 Å². The van der Waals surface area contributed by atoms with Gasteiger partial charge in [-0.1, -0.05) is 0 Å². The zero-order chi connectivity index (χ0) is 16.4. The Kier molecular flexibility index (Phi) is 4.18. The maximum Gasteiger partial charge on any atom is 0.308 e. The summed E-state index contributed by atoms with van der Waals surface area (Å²) in [7, 11) is 1.26. The van der Waals surface area contributed by atoms with Crippen LogP contribution in [0.5, 0.6) is 5.75 Å². The molecular weight excluding hydrogens is 300 g/mol. The Balaban J connectivity index is 1.83. The highest BCUT2D eigenvalue weighted by atomic mass is 16.5. The van der Waals surface area contributed by atoms with Gasteiger partial charge in [-0.05, 0) is 23.8 Å². The van der Waals surface area contributed by atoms with Crippen molar-refractivity contribution in [3.05, 3.63) is 29.3 Å². The number of amides is 2. The lowest BCUT2D eigenvalue weighted by atomic mass is 10.0. The molecule has 0 radical (unpaired) electrons. The maximum atomic E-state index is 12.8. The van der Waals surface area contributed by atoms with Crippen molar-refractivity contribution in [2.75, 3.05) is 26.8 Å². The molecule has 0 unspecified atom stereocenters. The number of hydrogen-bond donors (Lipinski definition) is 1. The molecule has 0 bridgehead atoms. The van der Waals surface area contributed by atoms with Crippen molar-refractivity contribution in [2.24, 2.45) is 0 Å². The van der Waals surface area contributed by atoms with Crippen LogP contribution in [0, 0.1) is 0 Å². The molecule has 2 aliphatic heterocycles. The maximum absolute atomic E-state index is 12.8. The Morgan fingerprint density at radius 2 is 2.26 bits per heavy atom. The van der Waals surface area contributed by atoms with E-state index >= 15 is 0 Å². The van der Waals surface area contributed by atoms with Gasteiger partial charge in [0, 0.05) is 25.1 Å². The van der Waals surface area contributed by atoms with Crippen LogP contribution in [0.15, 0.2) is 18.2 Å². The molecule has 2 aliphatic rings. The van der Waals surface area contributed by atoms with E-state index in [9.17, 15) is 14.4 Å². The highest BCUT2D eigenvalue weighted by Crippen LogP contribution is 2.27. The molecule has 2 amide bonds. The molecule has 1 aromatic rings. The molecule has 1 N–H and O–H groups in total. The molecule has 1 fully saturated rings. The lowest BCUT2D eigenvalue weighted by Gasteiger charge is -2.34. The minimum absolute atomic E-state index is 0.151. The second kappa shape index (κ2) is 6.28. The van der Waals surface area contributed by atoms with Crippen molar-refractivity contribution in [1.82, 2.24) is 10.2 Å². The number of piperazine rings is 1. The Labute approximate surface area is 133 Å². The molecule has 122 valence electrons. The minimum atomic E-state index is -0.840. The number of hydrogen-bond acceptors (Lipinski definition) is 5. The number of nitrogens with one attached hydrogen (secondary N) is 1. The van der Waals surface area contributed by atoms with Gasteiger partial charge in [0.05, 0.1) is 20.1 Å². The van der Waals surface area contributed by atoms with E-state index in [1.54, 1.807) is 18.2 Å². The van der Waals surface area contributed by atoms with E-state index in [1.165, 1.54) is 12.0 Å². The number of benzene rings is 1. The monoisotopic (exact) mass is 318 g/mol. The van der Waals surface area contributed by atoms with Crippen LogP contribution in [0.25, 0.3) is 0 Å². The van der Waals surface area contributed by atoms with Gasteiger partial charge in [-0.15, -0.1) is 0 Å². The highest BCUT2D eigenvalue weighted by Gasteiger charge is 2.35. The third-order valence-corrected chi connectivity index (χ3v) is 4.12. The molecule has 2 heterocycles. The van der Waals surface area contributed by atoms with Gasteiger partial charge in [-0.25, -0.2) is 0 Å². The summed E-state index contributed by atoms with van der Waals surface area (Å²) in [6, 6.07) is 4.42. The first-order valence-electron chi connectivity index (χ1n) is 7.51. The largest absolute Gasteiger partial charge is 0.493 e. The molecule has 7 nitrogen and oxygen atoms in total. The molecular formula is C16H18N2O5. The van der Waals surface area contributed by atoms with Crippen LogP contribution in [-0.2, 0) is 20.7 Å². The molecule has 1 saturated heterocycles. The number of carbonyl (C=O) groups excluding carboxylic acids is 3. The first-order chi connectivity index (χ1) is 11.1. The van der Waals surface area contributed by atoms with Crippen molar-refractivity contribution < 1.29 is 23.9 Å².